The van der Waals surface area contributed by atoms with Gasteiger partial charge in [-0.05, 0) is 18.4 Å². The van der Waals surface area contributed by atoms with Crippen molar-refractivity contribution in [3.63, 3.8) is 0 Å². The van der Waals surface area contributed by atoms with Gasteiger partial charge in [0, 0.05) is 4.90 Å². The Balaban J connectivity index is 2.86. The van der Waals surface area contributed by atoms with Gasteiger partial charge in [-0.25, -0.2) is 4.79 Å². The zero-order chi connectivity index (χ0) is 12.8. The SMILES string of the molecule is CSc1ccccc1C(=O)N[C@@H](CO)C(=O)O. The van der Waals surface area contributed by atoms with E-state index in [0.29, 0.717) is 5.56 Å². The topological polar surface area (TPSA) is 86.6 Å². The number of thioether (sulfide) groups is 1. The van der Waals surface area contributed by atoms with Gasteiger partial charge in [0.15, 0.2) is 6.04 Å². The summed E-state index contributed by atoms with van der Waals surface area (Å²) in [7, 11) is 0. The van der Waals surface area contributed by atoms with E-state index in [-0.39, 0.29) is 0 Å². The fourth-order valence-corrected chi connectivity index (χ4v) is 1.85. The minimum atomic E-state index is -1.28. The number of benzene rings is 1. The number of rotatable bonds is 5. The minimum absolute atomic E-state index is 0.403. The number of hydrogen-bond acceptors (Lipinski definition) is 4. The van der Waals surface area contributed by atoms with E-state index < -0.39 is 24.5 Å². The van der Waals surface area contributed by atoms with E-state index in [4.69, 9.17) is 10.2 Å². The molecule has 92 valence electrons. The Hall–Kier alpha value is -1.53. The summed E-state index contributed by atoms with van der Waals surface area (Å²) in [5.41, 5.74) is 0.403. The summed E-state index contributed by atoms with van der Waals surface area (Å²) >= 11 is 1.40. The van der Waals surface area contributed by atoms with Gasteiger partial charge in [0.25, 0.3) is 5.91 Å². The van der Waals surface area contributed by atoms with Crippen LogP contribution in [-0.4, -0.2) is 41.0 Å². The zero-order valence-electron chi connectivity index (χ0n) is 9.21. The molecular weight excluding hydrogens is 242 g/mol. The van der Waals surface area contributed by atoms with Crippen molar-refractivity contribution >= 4 is 23.6 Å². The molecule has 5 nitrogen and oxygen atoms in total. The van der Waals surface area contributed by atoms with E-state index >= 15 is 0 Å². The molecule has 0 fully saturated rings. The molecule has 0 spiro atoms. The van der Waals surface area contributed by atoms with E-state index in [1.807, 2.05) is 6.26 Å². The Labute approximate surface area is 103 Å². The number of aliphatic carboxylic acids is 1. The summed E-state index contributed by atoms with van der Waals surface area (Å²) in [6.45, 7) is -0.636. The first kappa shape index (κ1) is 13.5. The van der Waals surface area contributed by atoms with Crippen LogP contribution in [0.5, 0.6) is 0 Å². The molecule has 0 saturated carbocycles. The standard InChI is InChI=1S/C11H13NO4S/c1-17-9-5-3-2-4-7(9)10(14)12-8(6-13)11(15)16/h2-5,8,13H,6H2,1H3,(H,12,14)(H,15,16)/t8-/m0/s1. The van der Waals surface area contributed by atoms with Crippen molar-refractivity contribution in [3.05, 3.63) is 29.8 Å². The van der Waals surface area contributed by atoms with Crippen LogP contribution >= 0.6 is 11.8 Å². The minimum Gasteiger partial charge on any atom is -0.480 e. The number of carbonyl (C=O) groups excluding carboxylic acids is 1. The quantitative estimate of drug-likeness (QED) is 0.670. The third kappa shape index (κ3) is 3.47. The number of aliphatic hydroxyl groups excluding tert-OH is 1. The Morgan fingerprint density at radius 3 is 2.59 bits per heavy atom. The third-order valence-corrected chi connectivity index (χ3v) is 2.93. The molecule has 1 rings (SSSR count). The maximum absolute atomic E-state index is 11.8. The van der Waals surface area contributed by atoms with E-state index in [1.54, 1.807) is 24.3 Å². The van der Waals surface area contributed by atoms with Crippen molar-refractivity contribution in [2.75, 3.05) is 12.9 Å². The smallest absolute Gasteiger partial charge is 0.328 e. The number of carbonyl (C=O) groups is 2. The van der Waals surface area contributed by atoms with Gasteiger partial charge in [0.1, 0.15) is 0 Å². The second-order valence-electron chi connectivity index (χ2n) is 3.25. The molecule has 0 saturated heterocycles. The molecule has 0 unspecified atom stereocenters. The van der Waals surface area contributed by atoms with Gasteiger partial charge < -0.3 is 15.5 Å². The highest BCUT2D eigenvalue weighted by atomic mass is 32.2. The maximum atomic E-state index is 11.8. The van der Waals surface area contributed by atoms with Crippen LogP contribution in [0.25, 0.3) is 0 Å². The first-order chi connectivity index (χ1) is 8.10. The van der Waals surface area contributed by atoms with Crippen LogP contribution in [0.1, 0.15) is 10.4 Å². The van der Waals surface area contributed by atoms with Crippen LogP contribution in [0.2, 0.25) is 0 Å². The second-order valence-corrected chi connectivity index (χ2v) is 4.10. The van der Waals surface area contributed by atoms with Gasteiger partial charge in [-0.3, -0.25) is 4.79 Å². The number of amides is 1. The van der Waals surface area contributed by atoms with E-state index in [1.165, 1.54) is 11.8 Å². The molecule has 17 heavy (non-hydrogen) atoms. The molecule has 3 N–H and O–H groups in total. The Bertz CT molecular complexity index is 422. The van der Waals surface area contributed by atoms with E-state index in [9.17, 15) is 9.59 Å². The van der Waals surface area contributed by atoms with Crippen molar-refractivity contribution in [3.8, 4) is 0 Å². The molecule has 6 heteroatoms. The third-order valence-electron chi connectivity index (χ3n) is 2.14. The van der Waals surface area contributed by atoms with E-state index in [0.717, 1.165) is 4.90 Å². The molecule has 0 aliphatic rings. The van der Waals surface area contributed by atoms with Crippen molar-refractivity contribution in [1.82, 2.24) is 5.32 Å². The first-order valence-electron chi connectivity index (χ1n) is 4.87. The Kier molecular flexibility index (Phi) is 4.99. The molecule has 0 bridgehead atoms. The summed E-state index contributed by atoms with van der Waals surface area (Å²) in [6, 6.07) is 5.59. The summed E-state index contributed by atoms with van der Waals surface area (Å²) in [5, 5.41) is 19.8. The summed E-state index contributed by atoms with van der Waals surface area (Å²) in [5.74, 6) is -1.76. The van der Waals surface area contributed by atoms with Crippen molar-refractivity contribution < 1.29 is 19.8 Å². The van der Waals surface area contributed by atoms with Crippen molar-refractivity contribution in [2.24, 2.45) is 0 Å². The largest absolute Gasteiger partial charge is 0.480 e. The lowest BCUT2D eigenvalue weighted by molar-refractivity contribution is -0.140. The molecule has 0 radical (unpaired) electrons. The van der Waals surface area contributed by atoms with Crippen LogP contribution in [0, 0.1) is 0 Å². The Morgan fingerprint density at radius 1 is 1.41 bits per heavy atom. The molecule has 1 aromatic carbocycles. The lowest BCUT2D eigenvalue weighted by Crippen LogP contribution is -2.43. The predicted octanol–water partition coefficient (Wildman–Crippen LogP) is 0.584. The fraction of sp³-hybridized carbons (Fsp3) is 0.273. The van der Waals surface area contributed by atoms with Gasteiger partial charge in [0.05, 0.1) is 12.2 Å². The van der Waals surface area contributed by atoms with Gasteiger partial charge in [0.2, 0.25) is 0 Å². The number of aliphatic hydroxyl groups is 1. The highest BCUT2D eigenvalue weighted by molar-refractivity contribution is 7.98. The summed E-state index contributed by atoms with van der Waals surface area (Å²) < 4.78 is 0. The van der Waals surface area contributed by atoms with Crippen LogP contribution < -0.4 is 5.32 Å². The summed E-state index contributed by atoms with van der Waals surface area (Å²) in [4.78, 5) is 23.2. The Morgan fingerprint density at radius 2 is 2.06 bits per heavy atom. The van der Waals surface area contributed by atoms with Gasteiger partial charge in [-0.15, -0.1) is 11.8 Å². The number of nitrogens with one attached hydrogen (secondary N) is 1. The monoisotopic (exact) mass is 255 g/mol. The molecule has 0 aliphatic carbocycles. The second kappa shape index (κ2) is 6.27. The maximum Gasteiger partial charge on any atom is 0.328 e. The fourth-order valence-electron chi connectivity index (χ4n) is 1.25. The van der Waals surface area contributed by atoms with Crippen molar-refractivity contribution in [1.29, 1.82) is 0 Å². The molecule has 1 amide bonds. The van der Waals surface area contributed by atoms with E-state index in [2.05, 4.69) is 5.32 Å². The molecular formula is C11H13NO4S. The molecule has 1 atom stereocenters. The average Bonchev–Trinajstić information content (AvgIpc) is 2.35. The molecule has 0 aliphatic heterocycles. The van der Waals surface area contributed by atoms with Crippen LogP contribution in [-0.2, 0) is 4.79 Å². The highest BCUT2D eigenvalue weighted by Gasteiger charge is 2.20. The number of carboxylic acids is 1. The van der Waals surface area contributed by atoms with Crippen LogP contribution in [0.3, 0.4) is 0 Å². The van der Waals surface area contributed by atoms with Gasteiger partial charge >= 0.3 is 5.97 Å². The van der Waals surface area contributed by atoms with Crippen LogP contribution in [0.15, 0.2) is 29.2 Å². The molecule has 0 heterocycles. The molecule has 0 aromatic heterocycles. The zero-order valence-corrected chi connectivity index (χ0v) is 10.0. The normalized spacial score (nSPS) is 11.9. The molecule has 1 aromatic rings. The predicted molar refractivity (Wildman–Crippen MR) is 64.2 cm³/mol. The number of hydrogen-bond donors (Lipinski definition) is 3. The van der Waals surface area contributed by atoms with Crippen LogP contribution in [0.4, 0.5) is 0 Å². The summed E-state index contributed by atoms with van der Waals surface area (Å²) in [6.07, 6.45) is 1.83. The van der Waals surface area contributed by atoms with Gasteiger partial charge in [-0.1, -0.05) is 12.1 Å². The average molecular weight is 255 g/mol. The van der Waals surface area contributed by atoms with Gasteiger partial charge in [-0.2, -0.15) is 0 Å². The first-order valence-corrected chi connectivity index (χ1v) is 6.10. The number of carboxylic acid groups (broad SMARTS) is 1. The highest BCUT2D eigenvalue weighted by Crippen LogP contribution is 2.19. The lowest BCUT2D eigenvalue weighted by atomic mass is 10.2. The van der Waals surface area contributed by atoms with Crippen molar-refractivity contribution in [2.45, 2.75) is 10.9 Å². The lowest BCUT2D eigenvalue weighted by Gasteiger charge is -2.13.